The third-order valence-corrected chi connectivity index (χ3v) is 7.57. The lowest BCUT2D eigenvalue weighted by molar-refractivity contribution is 0.385. The van der Waals surface area contributed by atoms with Crippen molar-refractivity contribution in [3.05, 3.63) is 105 Å². The van der Waals surface area contributed by atoms with Gasteiger partial charge in [-0.25, -0.2) is 14.8 Å². The SMILES string of the molecule is C/C(=C1/c2ccccc2CCc2c1ccc(-n1c(C3CC3)nc3cccnc31)c2C)c1noc(=O)[nH]1. The van der Waals surface area contributed by atoms with Crippen LogP contribution in [0.1, 0.15) is 65.1 Å². The molecular formula is C29H25N5O2. The zero-order chi connectivity index (χ0) is 24.4. The van der Waals surface area contributed by atoms with Crippen molar-refractivity contribution < 1.29 is 4.52 Å². The quantitative estimate of drug-likeness (QED) is 0.379. The van der Waals surface area contributed by atoms with Crippen LogP contribution in [0.3, 0.4) is 0 Å². The lowest BCUT2D eigenvalue weighted by Gasteiger charge is -2.19. The standard InChI is InChI=1S/C29H25N5O2/c1-16-20-12-11-18-6-3-4-7-21(18)25(17(2)26-32-29(35)36-33-26)22(20)13-14-24(16)34-27(19-9-10-19)31-23-8-5-15-30-28(23)34/h3-8,13-15,19H,9-12H2,1-2H3,(H,32,33,35)/b25-17+. The van der Waals surface area contributed by atoms with Crippen molar-refractivity contribution in [1.82, 2.24) is 24.7 Å². The Kier molecular flexibility index (Phi) is 4.61. The molecule has 7 rings (SSSR count). The van der Waals surface area contributed by atoms with Gasteiger partial charge in [-0.15, -0.1) is 0 Å². The van der Waals surface area contributed by atoms with Crippen LogP contribution >= 0.6 is 0 Å². The van der Waals surface area contributed by atoms with E-state index in [4.69, 9.17) is 14.5 Å². The van der Waals surface area contributed by atoms with Crippen LogP contribution in [0.5, 0.6) is 0 Å². The molecule has 0 bridgehead atoms. The molecule has 0 aliphatic heterocycles. The van der Waals surface area contributed by atoms with Gasteiger partial charge in [0.2, 0.25) is 0 Å². The lowest BCUT2D eigenvalue weighted by Crippen LogP contribution is -2.07. The first kappa shape index (κ1) is 21.1. The number of H-pyrrole nitrogens is 1. The smallest absolute Gasteiger partial charge is 0.296 e. The highest BCUT2D eigenvalue weighted by molar-refractivity contribution is 5.99. The average Bonchev–Trinajstić information content (AvgIpc) is 3.58. The second-order valence-electron chi connectivity index (χ2n) is 9.76. The number of hydrogen-bond acceptors (Lipinski definition) is 5. The molecule has 2 aliphatic carbocycles. The number of rotatable bonds is 3. The van der Waals surface area contributed by atoms with E-state index < -0.39 is 5.76 Å². The second kappa shape index (κ2) is 7.88. The van der Waals surface area contributed by atoms with Crippen molar-refractivity contribution in [3.63, 3.8) is 0 Å². The van der Waals surface area contributed by atoms with E-state index in [-0.39, 0.29) is 0 Å². The Labute approximate surface area is 207 Å². The molecule has 1 saturated carbocycles. The fraction of sp³-hybridized carbons (Fsp3) is 0.241. The molecule has 0 amide bonds. The first-order chi connectivity index (χ1) is 17.6. The van der Waals surface area contributed by atoms with Crippen molar-refractivity contribution in [2.45, 2.75) is 45.4 Å². The number of aromatic amines is 1. The summed E-state index contributed by atoms with van der Waals surface area (Å²) in [4.78, 5) is 24.2. The van der Waals surface area contributed by atoms with E-state index in [9.17, 15) is 4.79 Å². The molecule has 7 heteroatoms. The number of nitrogens with zero attached hydrogens (tertiary/aromatic N) is 4. The monoisotopic (exact) mass is 475 g/mol. The van der Waals surface area contributed by atoms with Gasteiger partial charge < -0.3 is 0 Å². The maximum absolute atomic E-state index is 11.7. The summed E-state index contributed by atoms with van der Waals surface area (Å²) in [7, 11) is 0. The van der Waals surface area contributed by atoms with Crippen LogP contribution in [0.2, 0.25) is 0 Å². The van der Waals surface area contributed by atoms with Crippen LogP contribution in [0.15, 0.2) is 64.0 Å². The molecule has 0 spiro atoms. The predicted molar refractivity (Wildman–Crippen MR) is 138 cm³/mol. The highest BCUT2D eigenvalue weighted by Crippen LogP contribution is 2.44. The normalized spacial score (nSPS) is 16.5. The predicted octanol–water partition coefficient (Wildman–Crippen LogP) is 5.36. The Bertz CT molecular complexity index is 1750. The summed E-state index contributed by atoms with van der Waals surface area (Å²) in [6, 6.07) is 16.9. The topological polar surface area (TPSA) is 89.6 Å². The molecule has 0 saturated heterocycles. The van der Waals surface area contributed by atoms with Gasteiger partial charge in [0.1, 0.15) is 11.3 Å². The number of aromatic nitrogens is 5. The van der Waals surface area contributed by atoms with Crippen molar-refractivity contribution in [2.75, 3.05) is 0 Å². The fourth-order valence-electron chi connectivity index (χ4n) is 5.63. The van der Waals surface area contributed by atoms with E-state index in [1.807, 2.05) is 25.3 Å². The van der Waals surface area contributed by atoms with Crippen LogP contribution in [0.4, 0.5) is 0 Å². The molecule has 36 heavy (non-hydrogen) atoms. The third kappa shape index (κ3) is 3.19. The van der Waals surface area contributed by atoms with E-state index in [1.54, 1.807) is 0 Å². The molecule has 1 N–H and O–H groups in total. The Morgan fingerprint density at radius 3 is 2.72 bits per heavy atom. The van der Waals surface area contributed by atoms with Crippen LogP contribution in [0, 0.1) is 6.92 Å². The summed E-state index contributed by atoms with van der Waals surface area (Å²) in [6.07, 6.45) is 6.03. The maximum atomic E-state index is 11.7. The molecule has 3 aromatic heterocycles. The van der Waals surface area contributed by atoms with E-state index in [1.165, 1.54) is 29.5 Å². The number of fused-ring (bicyclic) bond motifs is 3. The first-order valence-electron chi connectivity index (χ1n) is 12.4. The number of benzene rings is 2. The van der Waals surface area contributed by atoms with Crippen LogP contribution < -0.4 is 5.76 Å². The summed E-state index contributed by atoms with van der Waals surface area (Å²) in [6.45, 7) is 4.21. The molecule has 5 aromatic rings. The van der Waals surface area contributed by atoms with Gasteiger partial charge in [0, 0.05) is 17.7 Å². The van der Waals surface area contributed by atoms with Crippen LogP contribution in [-0.2, 0) is 12.8 Å². The molecule has 3 heterocycles. The third-order valence-electron chi connectivity index (χ3n) is 7.57. The number of hydrogen-bond donors (Lipinski definition) is 1. The van der Waals surface area contributed by atoms with Gasteiger partial charge in [0.05, 0.1) is 5.69 Å². The minimum absolute atomic E-state index is 0.459. The fourth-order valence-corrected chi connectivity index (χ4v) is 5.63. The largest absolute Gasteiger partial charge is 0.439 e. The number of allylic oxidation sites excluding steroid dienone is 1. The summed E-state index contributed by atoms with van der Waals surface area (Å²) in [5.74, 6) is 1.50. The molecule has 2 aliphatic rings. The maximum Gasteiger partial charge on any atom is 0.439 e. The molecule has 7 nitrogen and oxygen atoms in total. The zero-order valence-corrected chi connectivity index (χ0v) is 20.2. The summed E-state index contributed by atoms with van der Waals surface area (Å²) in [5.41, 5.74) is 11.1. The Balaban J connectivity index is 1.50. The molecule has 0 radical (unpaired) electrons. The highest BCUT2D eigenvalue weighted by Gasteiger charge is 2.32. The average molecular weight is 476 g/mol. The first-order valence-corrected chi connectivity index (χ1v) is 12.4. The number of aryl methyl sites for hydroxylation is 1. The van der Waals surface area contributed by atoms with E-state index in [0.717, 1.165) is 57.8 Å². The van der Waals surface area contributed by atoms with Crippen molar-refractivity contribution in [3.8, 4) is 5.69 Å². The van der Waals surface area contributed by atoms with Gasteiger partial charge in [-0.2, -0.15) is 0 Å². The van der Waals surface area contributed by atoms with E-state index in [0.29, 0.717) is 11.7 Å². The lowest BCUT2D eigenvalue weighted by atomic mass is 9.88. The van der Waals surface area contributed by atoms with Gasteiger partial charge in [0.15, 0.2) is 11.5 Å². The summed E-state index contributed by atoms with van der Waals surface area (Å²) in [5, 5.41) is 4.00. The number of nitrogens with one attached hydrogen (secondary N) is 1. The van der Waals surface area contributed by atoms with E-state index in [2.05, 4.69) is 58.0 Å². The van der Waals surface area contributed by atoms with Gasteiger partial charge in [-0.3, -0.25) is 14.1 Å². The number of imidazole rings is 1. The second-order valence-corrected chi connectivity index (χ2v) is 9.76. The molecule has 2 aromatic carbocycles. The van der Waals surface area contributed by atoms with Crippen molar-refractivity contribution in [2.24, 2.45) is 0 Å². The minimum atomic E-state index is -0.550. The van der Waals surface area contributed by atoms with E-state index >= 15 is 0 Å². The highest BCUT2D eigenvalue weighted by atomic mass is 16.5. The van der Waals surface area contributed by atoms with Gasteiger partial charge >= 0.3 is 5.76 Å². The van der Waals surface area contributed by atoms with Gasteiger partial charge in [0.25, 0.3) is 0 Å². The van der Waals surface area contributed by atoms with Crippen LogP contribution in [-0.4, -0.2) is 24.7 Å². The van der Waals surface area contributed by atoms with Crippen LogP contribution in [0.25, 0.3) is 28.0 Å². The summed E-state index contributed by atoms with van der Waals surface area (Å²) < 4.78 is 7.12. The Morgan fingerprint density at radius 1 is 1.06 bits per heavy atom. The molecular weight excluding hydrogens is 450 g/mol. The Hall–Kier alpha value is -4.26. The summed E-state index contributed by atoms with van der Waals surface area (Å²) >= 11 is 0. The van der Waals surface area contributed by atoms with Gasteiger partial charge in [-0.1, -0.05) is 35.5 Å². The molecule has 1 fully saturated rings. The molecule has 0 atom stereocenters. The molecule has 178 valence electrons. The molecule has 0 unspecified atom stereocenters. The van der Waals surface area contributed by atoms with Crippen molar-refractivity contribution in [1.29, 1.82) is 0 Å². The minimum Gasteiger partial charge on any atom is -0.296 e. The zero-order valence-electron chi connectivity index (χ0n) is 20.2. The Morgan fingerprint density at radius 2 is 1.92 bits per heavy atom. The van der Waals surface area contributed by atoms with Crippen molar-refractivity contribution >= 4 is 22.3 Å². The number of pyridine rings is 1. The van der Waals surface area contributed by atoms with Gasteiger partial charge in [-0.05, 0) is 91.1 Å².